The lowest BCUT2D eigenvalue weighted by atomic mass is 9.87. The second-order valence-corrected chi connectivity index (χ2v) is 7.44. The maximum atomic E-state index is 13.0. The van der Waals surface area contributed by atoms with Gasteiger partial charge >= 0.3 is 6.03 Å². The SMILES string of the molecule is C[C@H](NC(=O)CN1C(=O)NC(C2CC2)(C2CC2)C1=O)c1ccccc1. The van der Waals surface area contributed by atoms with Gasteiger partial charge < -0.3 is 10.6 Å². The molecule has 1 aromatic carbocycles. The van der Waals surface area contributed by atoms with E-state index in [1.807, 2.05) is 37.3 Å². The number of urea groups is 1. The summed E-state index contributed by atoms with van der Waals surface area (Å²) in [7, 11) is 0. The molecule has 3 fully saturated rings. The van der Waals surface area contributed by atoms with Gasteiger partial charge in [0, 0.05) is 0 Å². The fourth-order valence-corrected chi connectivity index (χ4v) is 3.98. The Morgan fingerprint density at radius 1 is 1.20 bits per heavy atom. The van der Waals surface area contributed by atoms with Crippen LogP contribution in [-0.4, -0.2) is 34.8 Å². The molecule has 0 bridgehead atoms. The number of carbonyl (C=O) groups excluding carboxylic acids is 3. The maximum absolute atomic E-state index is 13.0. The highest BCUT2D eigenvalue weighted by molar-refractivity contribution is 6.09. The van der Waals surface area contributed by atoms with Crippen molar-refractivity contribution in [1.29, 1.82) is 0 Å². The van der Waals surface area contributed by atoms with Gasteiger partial charge in [-0.15, -0.1) is 0 Å². The highest BCUT2D eigenvalue weighted by Gasteiger charge is 2.65. The summed E-state index contributed by atoms with van der Waals surface area (Å²) in [5.41, 5.74) is 0.251. The molecule has 1 aliphatic heterocycles. The third-order valence-electron chi connectivity index (χ3n) is 5.58. The van der Waals surface area contributed by atoms with Crippen molar-refractivity contribution in [2.75, 3.05) is 6.54 Å². The van der Waals surface area contributed by atoms with E-state index in [2.05, 4.69) is 10.6 Å². The summed E-state index contributed by atoms with van der Waals surface area (Å²) in [6.07, 6.45) is 3.92. The predicted molar refractivity (Wildman–Crippen MR) is 91.4 cm³/mol. The first-order chi connectivity index (χ1) is 12.0. The molecule has 0 unspecified atom stereocenters. The smallest absolute Gasteiger partial charge is 0.325 e. The molecule has 4 rings (SSSR count). The van der Waals surface area contributed by atoms with Gasteiger partial charge in [0.05, 0.1) is 6.04 Å². The van der Waals surface area contributed by atoms with Crippen molar-refractivity contribution in [1.82, 2.24) is 15.5 Å². The van der Waals surface area contributed by atoms with Gasteiger partial charge in [-0.05, 0) is 50.0 Å². The topological polar surface area (TPSA) is 78.5 Å². The quantitative estimate of drug-likeness (QED) is 0.777. The van der Waals surface area contributed by atoms with Crippen molar-refractivity contribution in [3.63, 3.8) is 0 Å². The van der Waals surface area contributed by atoms with Crippen LogP contribution >= 0.6 is 0 Å². The van der Waals surface area contributed by atoms with E-state index in [9.17, 15) is 14.4 Å². The van der Waals surface area contributed by atoms with E-state index in [1.165, 1.54) is 0 Å². The van der Waals surface area contributed by atoms with E-state index >= 15 is 0 Å². The molecule has 132 valence electrons. The third-order valence-corrected chi connectivity index (χ3v) is 5.58. The molecule has 6 nitrogen and oxygen atoms in total. The van der Waals surface area contributed by atoms with Crippen molar-refractivity contribution < 1.29 is 14.4 Å². The molecule has 1 aromatic rings. The van der Waals surface area contributed by atoms with Crippen LogP contribution in [-0.2, 0) is 9.59 Å². The maximum Gasteiger partial charge on any atom is 0.325 e. The van der Waals surface area contributed by atoms with Gasteiger partial charge in [0.2, 0.25) is 5.91 Å². The molecule has 1 atom stereocenters. The van der Waals surface area contributed by atoms with Crippen LogP contribution in [0.3, 0.4) is 0 Å². The van der Waals surface area contributed by atoms with Crippen molar-refractivity contribution in [3.8, 4) is 0 Å². The molecule has 0 radical (unpaired) electrons. The number of nitrogens with one attached hydrogen (secondary N) is 2. The largest absolute Gasteiger partial charge is 0.348 e. The van der Waals surface area contributed by atoms with Crippen LogP contribution in [0.2, 0.25) is 0 Å². The lowest BCUT2D eigenvalue weighted by Gasteiger charge is -2.26. The lowest BCUT2D eigenvalue weighted by Crippen LogP contribution is -2.51. The number of benzene rings is 1. The number of amides is 4. The van der Waals surface area contributed by atoms with Gasteiger partial charge in [-0.3, -0.25) is 14.5 Å². The highest BCUT2D eigenvalue weighted by atomic mass is 16.2. The Morgan fingerprint density at radius 3 is 2.36 bits per heavy atom. The molecule has 1 heterocycles. The van der Waals surface area contributed by atoms with Gasteiger partial charge in [-0.2, -0.15) is 0 Å². The zero-order valence-electron chi connectivity index (χ0n) is 14.3. The molecule has 3 aliphatic rings. The number of rotatable bonds is 6. The van der Waals surface area contributed by atoms with E-state index in [-0.39, 0.29) is 36.2 Å². The molecule has 1 saturated heterocycles. The van der Waals surface area contributed by atoms with Crippen molar-refractivity contribution in [2.45, 2.75) is 44.2 Å². The summed E-state index contributed by atoms with van der Waals surface area (Å²) in [5, 5.41) is 5.81. The first-order valence-electron chi connectivity index (χ1n) is 9.01. The Hall–Kier alpha value is -2.37. The number of hydrogen-bond donors (Lipinski definition) is 2. The minimum Gasteiger partial charge on any atom is -0.348 e. The van der Waals surface area contributed by atoms with Crippen LogP contribution in [0.5, 0.6) is 0 Å². The fraction of sp³-hybridized carbons (Fsp3) is 0.526. The summed E-state index contributed by atoms with van der Waals surface area (Å²) >= 11 is 0. The van der Waals surface area contributed by atoms with Crippen LogP contribution in [0.4, 0.5) is 4.79 Å². The zero-order valence-corrected chi connectivity index (χ0v) is 14.3. The monoisotopic (exact) mass is 341 g/mol. The molecule has 2 saturated carbocycles. The third kappa shape index (κ3) is 2.79. The van der Waals surface area contributed by atoms with Crippen LogP contribution < -0.4 is 10.6 Å². The summed E-state index contributed by atoms with van der Waals surface area (Å²) in [6, 6.07) is 9.01. The normalized spacial score (nSPS) is 23.3. The van der Waals surface area contributed by atoms with Crippen LogP contribution in [0.15, 0.2) is 30.3 Å². The minimum atomic E-state index is -0.734. The first kappa shape index (κ1) is 16.1. The molecular formula is C19H23N3O3. The van der Waals surface area contributed by atoms with Crippen LogP contribution in [0.1, 0.15) is 44.2 Å². The van der Waals surface area contributed by atoms with E-state index in [1.54, 1.807) is 0 Å². The average molecular weight is 341 g/mol. The van der Waals surface area contributed by atoms with E-state index in [0.717, 1.165) is 36.1 Å². The predicted octanol–water partition coefficient (Wildman–Crippen LogP) is 1.97. The highest BCUT2D eigenvalue weighted by Crippen LogP contribution is 2.54. The summed E-state index contributed by atoms with van der Waals surface area (Å²) in [6.45, 7) is 1.67. The molecular weight excluding hydrogens is 318 g/mol. The zero-order chi connectivity index (χ0) is 17.6. The average Bonchev–Trinajstić information content (AvgIpc) is 3.49. The van der Waals surface area contributed by atoms with Crippen molar-refractivity contribution in [3.05, 3.63) is 35.9 Å². The van der Waals surface area contributed by atoms with Gasteiger partial charge in [-0.25, -0.2) is 4.79 Å². The Bertz CT molecular complexity index is 698. The number of hydrogen-bond acceptors (Lipinski definition) is 3. The molecule has 6 heteroatoms. The molecule has 4 amide bonds. The summed E-state index contributed by atoms with van der Waals surface area (Å²) in [5.74, 6) is -0.0345. The van der Waals surface area contributed by atoms with E-state index < -0.39 is 11.6 Å². The van der Waals surface area contributed by atoms with Crippen LogP contribution in [0.25, 0.3) is 0 Å². The van der Waals surface area contributed by atoms with E-state index in [0.29, 0.717) is 0 Å². The van der Waals surface area contributed by atoms with Gasteiger partial charge in [-0.1, -0.05) is 30.3 Å². The van der Waals surface area contributed by atoms with Gasteiger partial charge in [0.15, 0.2) is 0 Å². The molecule has 2 aliphatic carbocycles. The standard InChI is InChI=1S/C19H23N3O3/c1-12(13-5-3-2-4-6-13)20-16(23)11-22-17(24)19(14-7-8-14,15-9-10-15)21-18(22)25/h2-6,12,14-15H,7-11H2,1H3,(H,20,23)(H,21,25)/t12-/m0/s1. The Morgan fingerprint density at radius 2 is 1.80 bits per heavy atom. The second-order valence-electron chi connectivity index (χ2n) is 7.44. The minimum absolute atomic E-state index is 0.175. The first-order valence-corrected chi connectivity index (χ1v) is 9.01. The molecule has 25 heavy (non-hydrogen) atoms. The van der Waals surface area contributed by atoms with Gasteiger partial charge in [0.1, 0.15) is 12.1 Å². The number of imide groups is 1. The Labute approximate surface area is 147 Å². The molecule has 2 N–H and O–H groups in total. The Kier molecular flexibility index (Phi) is 3.78. The number of carbonyl (C=O) groups is 3. The second kappa shape index (κ2) is 5.86. The number of nitrogens with zero attached hydrogens (tertiary/aromatic N) is 1. The molecule has 0 spiro atoms. The van der Waals surface area contributed by atoms with Crippen molar-refractivity contribution in [2.24, 2.45) is 11.8 Å². The molecule has 0 aromatic heterocycles. The summed E-state index contributed by atoms with van der Waals surface area (Å²) in [4.78, 5) is 38.8. The summed E-state index contributed by atoms with van der Waals surface area (Å²) < 4.78 is 0. The lowest BCUT2D eigenvalue weighted by molar-refractivity contribution is -0.136. The Balaban J connectivity index is 1.43. The fourth-order valence-electron chi connectivity index (χ4n) is 3.98. The van der Waals surface area contributed by atoms with Crippen LogP contribution in [0, 0.1) is 11.8 Å². The van der Waals surface area contributed by atoms with Crippen molar-refractivity contribution >= 4 is 17.8 Å². The van der Waals surface area contributed by atoms with Gasteiger partial charge in [0.25, 0.3) is 5.91 Å². The van der Waals surface area contributed by atoms with E-state index in [4.69, 9.17) is 0 Å².